The molecule has 1 heterocycles. The lowest BCUT2D eigenvalue weighted by Gasteiger charge is -2.46. The number of methoxy groups -OCH3 is 1. The van der Waals surface area contributed by atoms with Gasteiger partial charge < -0.3 is 39.1 Å². The van der Waals surface area contributed by atoms with E-state index in [0.717, 1.165) is 18.4 Å². The highest BCUT2D eigenvalue weighted by molar-refractivity contribution is 5.84. The van der Waals surface area contributed by atoms with Gasteiger partial charge in [0, 0.05) is 26.1 Å². The van der Waals surface area contributed by atoms with Crippen molar-refractivity contribution in [2.45, 2.75) is 157 Å². The van der Waals surface area contributed by atoms with Crippen LogP contribution in [0.3, 0.4) is 0 Å². The van der Waals surface area contributed by atoms with Crippen LogP contribution in [0, 0.1) is 16.7 Å². The van der Waals surface area contributed by atoms with E-state index < -0.39 is 47.7 Å². The first-order valence-electron chi connectivity index (χ1n) is 21.7. The van der Waals surface area contributed by atoms with Crippen LogP contribution in [0.15, 0.2) is 48.7 Å². The van der Waals surface area contributed by atoms with Crippen LogP contribution in [0.2, 0.25) is 0 Å². The standard InChI is InChI=1S/C46H71N5O11/c1-11-22-58-38(52)24-34(40(54)59-23-12-2)25-39(53)60-30-36-28-51(50-49-36)29-37(33-18-14-13-15-19-33)61-42(56)48-35-26-43(3,4)31-46(9,27-35)32-47-41(55)62-45(7,8)21-17-16-20-44(5,6)57-10/h13-19,28,34-35,37H,11-12,20-27,29-32H2,1-10H3,(H,47,55)(H,48,56). The second-order valence-corrected chi connectivity index (χ2v) is 18.6. The molecule has 0 spiro atoms. The van der Waals surface area contributed by atoms with E-state index in [9.17, 15) is 24.0 Å². The van der Waals surface area contributed by atoms with Gasteiger partial charge in [0.2, 0.25) is 0 Å². The van der Waals surface area contributed by atoms with Gasteiger partial charge in [0.25, 0.3) is 0 Å². The lowest BCUT2D eigenvalue weighted by atomic mass is 9.62. The Labute approximate surface area is 367 Å². The van der Waals surface area contributed by atoms with Gasteiger partial charge in [-0.3, -0.25) is 14.4 Å². The highest BCUT2D eigenvalue weighted by atomic mass is 16.6. The van der Waals surface area contributed by atoms with Crippen LogP contribution in [-0.4, -0.2) is 89.2 Å². The summed E-state index contributed by atoms with van der Waals surface area (Å²) in [6, 6.07) is 9.03. The molecule has 0 radical (unpaired) electrons. The highest BCUT2D eigenvalue weighted by Gasteiger charge is 2.42. The Balaban J connectivity index is 1.59. The third-order valence-corrected chi connectivity index (χ3v) is 10.5. The number of nitrogens with zero attached hydrogens (tertiary/aromatic N) is 3. The summed E-state index contributed by atoms with van der Waals surface area (Å²) < 4.78 is 34.5. The van der Waals surface area contributed by atoms with Crippen LogP contribution >= 0.6 is 0 Å². The summed E-state index contributed by atoms with van der Waals surface area (Å²) in [5.41, 5.74) is -0.401. The van der Waals surface area contributed by atoms with E-state index >= 15 is 0 Å². The quantitative estimate of drug-likeness (QED) is 0.0587. The first-order valence-corrected chi connectivity index (χ1v) is 21.7. The number of ether oxygens (including phenoxy) is 6. The topological polar surface area (TPSA) is 195 Å². The highest BCUT2D eigenvalue weighted by Crippen LogP contribution is 2.46. The van der Waals surface area contributed by atoms with Gasteiger partial charge in [-0.2, -0.15) is 0 Å². The van der Waals surface area contributed by atoms with Gasteiger partial charge in [-0.25, -0.2) is 14.3 Å². The molecule has 1 fully saturated rings. The maximum Gasteiger partial charge on any atom is 0.408 e. The maximum atomic E-state index is 13.6. The Morgan fingerprint density at radius 2 is 1.50 bits per heavy atom. The molecular weight excluding hydrogens is 799 g/mol. The number of amides is 2. The third kappa shape index (κ3) is 19.0. The van der Waals surface area contributed by atoms with E-state index in [1.165, 1.54) is 4.68 Å². The minimum Gasteiger partial charge on any atom is -0.466 e. The Morgan fingerprint density at radius 1 is 0.871 bits per heavy atom. The first kappa shape index (κ1) is 51.4. The van der Waals surface area contributed by atoms with Crippen molar-refractivity contribution in [2.75, 3.05) is 26.9 Å². The summed E-state index contributed by atoms with van der Waals surface area (Å²) >= 11 is 0. The van der Waals surface area contributed by atoms with Crippen molar-refractivity contribution in [3.63, 3.8) is 0 Å². The summed E-state index contributed by atoms with van der Waals surface area (Å²) in [6.45, 7) is 18.5. The molecule has 2 amide bonds. The average molecular weight is 870 g/mol. The predicted molar refractivity (Wildman–Crippen MR) is 231 cm³/mol. The van der Waals surface area contributed by atoms with Crippen LogP contribution in [0.25, 0.3) is 0 Å². The zero-order valence-electron chi connectivity index (χ0n) is 38.6. The largest absolute Gasteiger partial charge is 0.466 e. The molecule has 1 aliphatic rings. The van der Waals surface area contributed by atoms with Crippen molar-refractivity contribution in [3.8, 4) is 0 Å². The molecule has 346 valence electrons. The molecule has 1 aliphatic carbocycles. The van der Waals surface area contributed by atoms with E-state index in [4.69, 9.17) is 28.4 Å². The average Bonchev–Trinajstić information content (AvgIpc) is 3.65. The molecule has 1 saturated carbocycles. The molecule has 16 nitrogen and oxygen atoms in total. The Morgan fingerprint density at radius 3 is 2.15 bits per heavy atom. The van der Waals surface area contributed by atoms with E-state index in [-0.39, 0.29) is 61.7 Å². The zero-order chi connectivity index (χ0) is 46.0. The summed E-state index contributed by atoms with van der Waals surface area (Å²) in [5, 5.41) is 14.4. The number of esters is 3. The van der Waals surface area contributed by atoms with Crippen molar-refractivity contribution in [3.05, 3.63) is 59.9 Å². The number of carbonyl (C=O) groups is 5. The lowest BCUT2D eigenvalue weighted by Crippen LogP contribution is -2.51. The Bertz CT molecular complexity index is 1780. The summed E-state index contributed by atoms with van der Waals surface area (Å²) in [6.07, 6.45) is 7.76. The smallest absolute Gasteiger partial charge is 0.408 e. The van der Waals surface area contributed by atoms with Crippen LogP contribution in [0.4, 0.5) is 9.59 Å². The van der Waals surface area contributed by atoms with E-state index in [1.54, 1.807) is 13.3 Å². The summed E-state index contributed by atoms with van der Waals surface area (Å²) in [7, 11) is 1.68. The van der Waals surface area contributed by atoms with Crippen molar-refractivity contribution in [1.82, 2.24) is 25.6 Å². The minimum atomic E-state index is -1.05. The molecule has 16 heteroatoms. The van der Waals surface area contributed by atoms with Crippen LogP contribution < -0.4 is 10.6 Å². The molecule has 0 saturated heterocycles. The molecule has 4 atom stereocenters. The number of alkyl carbamates (subject to hydrolysis) is 2. The van der Waals surface area contributed by atoms with E-state index in [1.807, 2.05) is 84.0 Å². The first-order chi connectivity index (χ1) is 29.2. The van der Waals surface area contributed by atoms with Crippen LogP contribution in [0.5, 0.6) is 0 Å². The number of aromatic nitrogens is 3. The molecule has 1 aromatic carbocycles. The number of rotatable bonds is 24. The third-order valence-electron chi connectivity index (χ3n) is 10.5. The molecule has 0 aliphatic heterocycles. The number of hydrogen-bond acceptors (Lipinski definition) is 13. The molecule has 1 aromatic heterocycles. The number of nitrogens with one attached hydrogen (secondary N) is 2. The van der Waals surface area contributed by atoms with Crippen molar-refractivity contribution >= 4 is 30.1 Å². The van der Waals surface area contributed by atoms with Gasteiger partial charge in [0.15, 0.2) is 0 Å². The zero-order valence-corrected chi connectivity index (χ0v) is 38.6. The number of benzene rings is 1. The van der Waals surface area contributed by atoms with Crippen molar-refractivity contribution in [1.29, 1.82) is 0 Å². The summed E-state index contributed by atoms with van der Waals surface area (Å²) in [4.78, 5) is 64.2. The molecule has 62 heavy (non-hydrogen) atoms. The van der Waals surface area contributed by atoms with Crippen molar-refractivity contribution in [2.24, 2.45) is 16.7 Å². The van der Waals surface area contributed by atoms with Gasteiger partial charge in [-0.15, -0.1) is 5.10 Å². The fourth-order valence-electron chi connectivity index (χ4n) is 7.62. The monoisotopic (exact) mass is 870 g/mol. The van der Waals surface area contributed by atoms with E-state index in [2.05, 4.69) is 41.7 Å². The normalized spacial score (nSPS) is 18.6. The Hall–Kier alpha value is -4.99. The predicted octanol–water partition coefficient (Wildman–Crippen LogP) is 7.94. The fraction of sp³-hybridized carbons (Fsp3) is 0.674. The molecule has 2 aromatic rings. The second-order valence-electron chi connectivity index (χ2n) is 18.6. The van der Waals surface area contributed by atoms with Crippen molar-refractivity contribution < 1.29 is 52.4 Å². The number of carbonyl (C=O) groups excluding carboxylic acids is 5. The number of hydrogen-bond donors (Lipinski definition) is 2. The van der Waals surface area contributed by atoms with Gasteiger partial charge in [0.05, 0.1) is 50.3 Å². The van der Waals surface area contributed by atoms with Crippen LogP contribution in [-0.2, 0) is 56.0 Å². The fourth-order valence-corrected chi connectivity index (χ4v) is 7.62. The van der Waals surface area contributed by atoms with Gasteiger partial charge in [0.1, 0.15) is 24.0 Å². The molecular formula is C46H71N5O11. The Kier molecular flexibility index (Phi) is 19.9. The molecule has 3 rings (SSSR count). The lowest BCUT2D eigenvalue weighted by molar-refractivity contribution is -0.159. The van der Waals surface area contributed by atoms with Gasteiger partial charge >= 0.3 is 30.1 Å². The van der Waals surface area contributed by atoms with E-state index in [0.29, 0.717) is 44.3 Å². The SMILES string of the molecule is CCCOC(=O)CC(CC(=O)OCc1cn(CC(OC(=O)NC2CC(C)(C)CC(C)(CNC(=O)OC(C)(C)CC=CCC(C)(C)OC)C2)c2ccccc2)nn1)C(=O)OCCC. The molecule has 4 unspecified atom stereocenters. The minimum absolute atomic E-state index is 0.112. The maximum absolute atomic E-state index is 13.6. The molecule has 2 N–H and O–H groups in total. The van der Waals surface area contributed by atoms with Crippen LogP contribution in [0.1, 0.15) is 137 Å². The van der Waals surface area contributed by atoms with Gasteiger partial charge in [-0.05, 0) is 82.6 Å². The second kappa shape index (κ2) is 24.0. The van der Waals surface area contributed by atoms with Gasteiger partial charge in [-0.1, -0.05) is 82.3 Å². The molecule has 0 bridgehead atoms. The summed E-state index contributed by atoms with van der Waals surface area (Å²) in [5.74, 6) is -3.03.